The molecule has 1 aliphatic rings. The summed E-state index contributed by atoms with van der Waals surface area (Å²) in [6.45, 7) is 4.53. The van der Waals surface area contributed by atoms with Crippen LogP contribution in [-0.4, -0.2) is 33.4 Å². The van der Waals surface area contributed by atoms with Crippen LogP contribution in [0.2, 0.25) is 0 Å². The Morgan fingerprint density at radius 1 is 1.50 bits per heavy atom. The van der Waals surface area contributed by atoms with Crippen LogP contribution in [0.1, 0.15) is 12.8 Å². The minimum atomic E-state index is -3.25. The van der Waals surface area contributed by atoms with Crippen molar-refractivity contribution in [2.75, 3.05) is 19.8 Å². The number of ether oxygens (including phenoxy) is 1. The normalized spacial score (nSPS) is 19.5. The first-order chi connectivity index (χ1) is 6.52. The summed E-state index contributed by atoms with van der Waals surface area (Å²) in [6.07, 6.45) is 1.09. The van der Waals surface area contributed by atoms with Gasteiger partial charge in [-0.1, -0.05) is 18.2 Å². The molecular weight excluding hydrogens is 226 g/mol. The summed E-state index contributed by atoms with van der Waals surface area (Å²) in [7, 11) is -3.25. The maximum Gasteiger partial charge on any atom is 0.214 e. The van der Waals surface area contributed by atoms with Crippen LogP contribution in [-0.2, 0) is 14.8 Å². The van der Waals surface area contributed by atoms with Crippen molar-refractivity contribution < 1.29 is 13.2 Å². The first-order valence-electron chi connectivity index (χ1n) is 4.42. The van der Waals surface area contributed by atoms with Gasteiger partial charge in [-0.05, 0) is 12.8 Å². The summed E-state index contributed by atoms with van der Waals surface area (Å²) in [4.78, 5) is 0. The number of halogens is 1. The Hall–Kier alpha value is -0.100. The molecule has 1 rings (SSSR count). The van der Waals surface area contributed by atoms with Crippen molar-refractivity contribution in [3.8, 4) is 0 Å². The molecule has 0 amide bonds. The molecule has 0 aromatic carbocycles. The number of sulfonamides is 1. The summed E-state index contributed by atoms with van der Waals surface area (Å²) >= 11 is 5.48. The number of nitrogens with one attached hydrogen (secondary N) is 1. The second-order valence-electron chi connectivity index (χ2n) is 3.20. The van der Waals surface area contributed by atoms with Crippen LogP contribution in [0.25, 0.3) is 0 Å². The highest BCUT2D eigenvalue weighted by atomic mass is 35.5. The van der Waals surface area contributed by atoms with Crippen LogP contribution < -0.4 is 4.72 Å². The van der Waals surface area contributed by atoms with Gasteiger partial charge in [-0.15, -0.1) is 0 Å². The van der Waals surface area contributed by atoms with Crippen LogP contribution in [0.15, 0.2) is 11.6 Å². The topological polar surface area (TPSA) is 55.4 Å². The Kier molecular flexibility index (Phi) is 4.37. The zero-order valence-corrected chi connectivity index (χ0v) is 9.40. The Morgan fingerprint density at radius 3 is 2.57 bits per heavy atom. The molecule has 0 saturated carbocycles. The van der Waals surface area contributed by atoms with E-state index in [2.05, 4.69) is 11.3 Å². The summed E-state index contributed by atoms with van der Waals surface area (Å²) in [6, 6.07) is 0. The largest absolute Gasteiger partial charge is 0.381 e. The van der Waals surface area contributed by atoms with Gasteiger partial charge in [-0.3, -0.25) is 0 Å². The van der Waals surface area contributed by atoms with Gasteiger partial charge in [0.1, 0.15) is 0 Å². The molecule has 0 spiro atoms. The Morgan fingerprint density at radius 2 is 2.07 bits per heavy atom. The van der Waals surface area contributed by atoms with Crippen LogP contribution in [0, 0.1) is 0 Å². The summed E-state index contributed by atoms with van der Waals surface area (Å²) in [5, 5.41) is -0.0621. The van der Waals surface area contributed by atoms with Gasteiger partial charge >= 0.3 is 0 Å². The standard InChI is InChI=1S/C8H14ClNO3S/c1-7(9)6-10-14(11,12)8-2-4-13-5-3-8/h8,10H,1-6H2. The van der Waals surface area contributed by atoms with Crippen molar-refractivity contribution in [2.24, 2.45) is 0 Å². The molecule has 1 fully saturated rings. The second kappa shape index (κ2) is 5.11. The van der Waals surface area contributed by atoms with E-state index in [9.17, 15) is 8.42 Å². The van der Waals surface area contributed by atoms with Crippen LogP contribution >= 0.6 is 11.6 Å². The van der Waals surface area contributed by atoms with Crippen LogP contribution in [0.5, 0.6) is 0 Å². The quantitative estimate of drug-likeness (QED) is 0.791. The minimum absolute atomic E-state index is 0.0985. The zero-order valence-electron chi connectivity index (χ0n) is 7.83. The smallest absolute Gasteiger partial charge is 0.214 e. The molecule has 1 heterocycles. The van der Waals surface area contributed by atoms with E-state index in [4.69, 9.17) is 16.3 Å². The SMILES string of the molecule is C=C(Cl)CNS(=O)(=O)C1CCOCC1. The maximum atomic E-state index is 11.6. The average molecular weight is 240 g/mol. The summed E-state index contributed by atoms with van der Waals surface area (Å²) in [5.41, 5.74) is 0. The third-order valence-corrected chi connectivity index (χ3v) is 4.10. The molecule has 4 nitrogen and oxygen atoms in total. The second-order valence-corrected chi connectivity index (χ2v) is 5.77. The van der Waals surface area contributed by atoms with Gasteiger partial charge in [-0.25, -0.2) is 13.1 Å². The van der Waals surface area contributed by atoms with Gasteiger partial charge in [-0.2, -0.15) is 0 Å². The van der Waals surface area contributed by atoms with E-state index in [0.717, 1.165) is 0 Å². The molecule has 82 valence electrons. The lowest BCUT2D eigenvalue weighted by Gasteiger charge is -2.22. The van der Waals surface area contributed by atoms with Crippen LogP contribution in [0.4, 0.5) is 0 Å². The third-order valence-electron chi connectivity index (χ3n) is 2.07. The van der Waals surface area contributed by atoms with Crippen molar-refractivity contribution in [1.82, 2.24) is 4.72 Å². The first-order valence-corrected chi connectivity index (χ1v) is 6.34. The molecule has 0 aromatic rings. The fourth-order valence-corrected chi connectivity index (χ4v) is 2.85. The third kappa shape index (κ3) is 3.57. The van der Waals surface area contributed by atoms with E-state index in [1.165, 1.54) is 0 Å². The Labute approximate surface area is 89.3 Å². The fourth-order valence-electron chi connectivity index (χ4n) is 1.28. The Balaban J connectivity index is 2.50. The van der Waals surface area contributed by atoms with Crippen molar-refractivity contribution in [2.45, 2.75) is 18.1 Å². The van der Waals surface area contributed by atoms with E-state index in [-0.39, 0.29) is 11.8 Å². The van der Waals surface area contributed by atoms with Gasteiger partial charge in [0.05, 0.1) is 5.25 Å². The summed E-state index contributed by atoms with van der Waals surface area (Å²) < 4.78 is 30.7. The van der Waals surface area contributed by atoms with E-state index in [1.807, 2.05) is 0 Å². The number of rotatable bonds is 4. The van der Waals surface area contributed by atoms with Crippen molar-refractivity contribution in [1.29, 1.82) is 0 Å². The molecule has 1 saturated heterocycles. The number of hydrogen-bond acceptors (Lipinski definition) is 3. The Bertz CT molecular complexity index is 296. The molecule has 6 heteroatoms. The molecule has 0 atom stereocenters. The van der Waals surface area contributed by atoms with Gasteiger partial charge in [0.2, 0.25) is 10.0 Å². The van der Waals surface area contributed by atoms with Crippen molar-refractivity contribution >= 4 is 21.6 Å². The first kappa shape index (κ1) is 12.0. The maximum absolute atomic E-state index is 11.6. The van der Waals surface area contributed by atoms with E-state index in [1.54, 1.807) is 0 Å². The predicted octanol–water partition coefficient (Wildman–Crippen LogP) is 0.837. The van der Waals surface area contributed by atoms with Crippen molar-refractivity contribution in [3.05, 3.63) is 11.6 Å². The fraction of sp³-hybridized carbons (Fsp3) is 0.750. The zero-order chi connectivity index (χ0) is 10.6. The molecule has 0 radical (unpaired) electrons. The van der Waals surface area contributed by atoms with E-state index in [0.29, 0.717) is 31.1 Å². The van der Waals surface area contributed by atoms with Gasteiger partial charge in [0.25, 0.3) is 0 Å². The highest BCUT2D eigenvalue weighted by Crippen LogP contribution is 2.14. The highest BCUT2D eigenvalue weighted by molar-refractivity contribution is 7.90. The lowest BCUT2D eigenvalue weighted by atomic mass is 10.2. The lowest BCUT2D eigenvalue weighted by molar-refractivity contribution is 0.0982. The molecular formula is C8H14ClNO3S. The monoisotopic (exact) mass is 239 g/mol. The summed E-state index contributed by atoms with van der Waals surface area (Å²) in [5.74, 6) is 0. The van der Waals surface area contributed by atoms with Gasteiger partial charge in [0, 0.05) is 24.8 Å². The molecule has 1 N–H and O–H groups in total. The van der Waals surface area contributed by atoms with E-state index < -0.39 is 10.0 Å². The van der Waals surface area contributed by atoms with Gasteiger partial charge < -0.3 is 4.74 Å². The van der Waals surface area contributed by atoms with Gasteiger partial charge in [0.15, 0.2) is 0 Å². The van der Waals surface area contributed by atoms with E-state index >= 15 is 0 Å². The predicted molar refractivity (Wildman–Crippen MR) is 55.8 cm³/mol. The van der Waals surface area contributed by atoms with Crippen LogP contribution in [0.3, 0.4) is 0 Å². The molecule has 0 unspecified atom stereocenters. The molecule has 1 aliphatic heterocycles. The lowest BCUT2D eigenvalue weighted by Crippen LogP contribution is -2.38. The highest BCUT2D eigenvalue weighted by Gasteiger charge is 2.27. The number of hydrogen-bond donors (Lipinski definition) is 1. The van der Waals surface area contributed by atoms with Crippen molar-refractivity contribution in [3.63, 3.8) is 0 Å². The minimum Gasteiger partial charge on any atom is -0.381 e. The average Bonchev–Trinajstić information content (AvgIpc) is 2.16. The molecule has 0 bridgehead atoms. The molecule has 0 aliphatic carbocycles. The molecule has 14 heavy (non-hydrogen) atoms. The molecule has 0 aromatic heterocycles.